The fraction of sp³-hybridized carbons (Fsp3) is 0.667. The highest BCUT2D eigenvalue weighted by Gasteiger charge is 2.11. The molecule has 1 unspecified atom stereocenters. The van der Waals surface area contributed by atoms with Crippen LogP contribution in [0.4, 0.5) is 0 Å². The smallest absolute Gasteiger partial charge is 0.149 e. The van der Waals surface area contributed by atoms with E-state index in [-0.39, 0.29) is 11.8 Å². The summed E-state index contributed by atoms with van der Waals surface area (Å²) in [4.78, 5) is 0. The number of aromatic nitrogens is 2. The van der Waals surface area contributed by atoms with Crippen LogP contribution in [-0.2, 0) is 16.4 Å². The SMILES string of the molecule is Cc1c(C(C)N)cnn1CCS(C)(=O)=O. The summed E-state index contributed by atoms with van der Waals surface area (Å²) in [6.07, 6.45) is 2.92. The van der Waals surface area contributed by atoms with E-state index in [1.807, 2.05) is 13.8 Å². The maximum Gasteiger partial charge on any atom is 0.149 e. The Morgan fingerprint density at radius 3 is 2.60 bits per heavy atom. The van der Waals surface area contributed by atoms with Crippen LogP contribution < -0.4 is 5.73 Å². The molecule has 0 aliphatic rings. The molecule has 86 valence electrons. The van der Waals surface area contributed by atoms with Crippen LogP contribution in [0.3, 0.4) is 0 Å². The summed E-state index contributed by atoms with van der Waals surface area (Å²) in [6.45, 7) is 4.16. The molecule has 0 fully saturated rings. The Balaban J connectivity index is 2.80. The van der Waals surface area contributed by atoms with Crippen LogP contribution in [0.25, 0.3) is 0 Å². The van der Waals surface area contributed by atoms with E-state index >= 15 is 0 Å². The molecule has 0 spiro atoms. The Morgan fingerprint density at radius 2 is 2.20 bits per heavy atom. The van der Waals surface area contributed by atoms with E-state index < -0.39 is 9.84 Å². The average Bonchev–Trinajstić information content (AvgIpc) is 2.42. The van der Waals surface area contributed by atoms with Gasteiger partial charge in [0.25, 0.3) is 0 Å². The van der Waals surface area contributed by atoms with Gasteiger partial charge in [-0.05, 0) is 13.8 Å². The predicted molar refractivity (Wildman–Crippen MR) is 59.3 cm³/mol. The van der Waals surface area contributed by atoms with Gasteiger partial charge in [0, 0.05) is 23.6 Å². The summed E-state index contributed by atoms with van der Waals surface area (Å²) in [6, 6.07) is -0.0722. The van der Waals surface area contributed by atoms with Crippen molar-refractivity contribution in [3.8, 4) is 0 Å². The molecule has 1 aromatic rings. The van der Waals surface area contributed by atoms with Gasteiger partial charge in [0.1, 0.15) is 9.84 Å². The highest BCUT2D eigenvalue weighted by atomic mass is 32.2. The zero-order chi connectivity index (χ0) is 11.6. The van der Waals surface area contributed by atoms with Gasteiger partial charge in [-0.1, -0.05) is 0 Å². The zero-order valence-corrected chi connectivity index (χ0v) is 10.1. The molecule has 1 atom stereocenters. The highest BCUT2D eigenvalue weighted by molar-refractivity contribution is 7.90. The number of hydrogen-bond donors (Lipinski definition) is 1. The van der Waals surface area contributed by atoms with E-state index in [0.717, 1.165) is 11.3 Å². The molecule has 0 aromatic carbocycles. The molecular weight excluding hydrogens is 214 g/mol. The van der Waals surface area contributed by atoms with Gasteiger partial charge in [0.05, 0.1) is 18.5 Å². The third-order valence-electron chi connectivity index (χ3n) is 2.31. The molecule has 0 aliphatic carbocycles. The Kier molecular flexibility index (Phi) is 3.51. The van der Waals surface area contributed by atoms with Gasteiger partial charge in [-0.25, -0.2) is 8.42 Å². The molecule has 1 aromatic heterocycles. The second kappa shape index (κ2) is 4.32. The van der Waals surface area contributed by atoms with Crippen molar-refractivity contribution in [2.45, 2.75) is 26.4 Å². The van der Waals surface area contributed by atoms with Crippen LogP contribution in [-0.4, -0.2) is 30.2 Å². The second-order valence-corrected chi connectivity index (χ2v) is 6.09. The number of aryl methyl sites for hydroxylation is 1. The minimum atomic E-state index is -2.94. The molecule has 0 saturated carbocycles. The van der Waals surface area contributed by atoms with Crippen LogP contribution in [0, 0.1) is 6.92 Å². The van der Waals surface area contributed by atoms with E-state index in [0.29, 0.717) is 6.54 Å². The van der Waals surface area contributed by atoms with Gasteiger partial charge < -0.3 is 5.73 Å². The third-order valence-corrected chi connectivity index (χ3v) is 3.23. The molecule has 0 radical (unpaired) electrons. The normalized spacial score (nSPS) is 14.1. The Bertz CT molecular complexity index is 434. The minimum Gasteiger partial charge on any atom is -0.324 e. The summed E-state index contributed by atoms with van der Waals surface area (Å²) < 4.78 is 23.7. The quantitative estimate of drug-likeness (QED) is 0.806. The Labute approximate surface area is 90.2 Å². The number of rotatable bonds is 4. The number of nitrogens with zero attached hydrogens (tertiary/aromatic N) is 2. The molecule has 1 rings (SSSR count). The van der Waals surface area contributed by atoms with Gasteiger partial charge in [-0.3, -0.25) is 4.68 Å². The lowest BCUT2D eigenvalue weighted by Crippen LogP contribution is -2.14. The summed E-state index contributed by atoms with van der Waals surface area (Å²) in [5.74, 6) is 0.105. The summed E-state index contributed by atoms with van der Waals surface area (Å²) in [5.41, 5.74) is 7.64. The van der Waals surface area contributed by atoms with Crippen molar-refractivity contribution in [3.05, 3.63) is 17.5 Å². The molecule has 0 amide bonds. The lowest BCUT2D eigenvalue weighted by atomic mass is 10.1. The van der Waals surface area contributed by atoms with E-state index in [1.54, 1.807) is 10.9 Å². The molecule has 5 nitrogen and oxygen atoms in total. The number of hydrogen-bond acceptors (Lipinski definition) is 4. The van der Waals surface area contributed by atoms with Crippen LogP contribution in [0.5, 0.6) is 0 Å². The van der Waals surface area contributed by atoms with Crippen molar-refractivity contribution in [2.75, 3.05) is 12.0 Å². The predicted octanol–water partition coefficient (Wildman–Crippen LogP) is 0.256. The average molecular weight is 231 g/mol. The topological polar surface area (TPSA) is 78.0 Å². The van der Waals surface area contributed by atoms with Gasteiger partial charge >= 0.3 is 0 Å². The van der Waals surface area contributed by atoms with Crippen LogP contribution >= 0.6 is 0 Å². The molecule has 6 heteroatoms. The Hall–Kier alpha value is -0.880. The summed E-state index contributed by atoms with van der Waals surface area (Å²) in [7, 11) is -2.94. The molecule has 15 heavy (non-hydrogen) atoms. The summed E-state index contributed by atoms with van der Waals surface area (Å²) in [5, 5.41) is 4.11. The summed E-state index contributed by atoms with van der Waals surface area (Å²) >= 11 is 0. The second-order valence-electron chi connectivity index (χ2n) is 3.83. The largest absolute Gasteiger partial charge is 0.324 e. The maximum atomic E-state index is 11.0. The van der Waals surface area contributed by atoms with Crippen molar-refractivity contribution >= 4 is 9.84 Å². The van der Waals surface area contributed by atoms with Gasteiger partial charge in [-0.15, -0.1) is 0 Å². The minimum absolute atomic E-state index is 0.0722. The molecule has 1 heterocycles. The van der Waals surface area contributed by atoms with E-state index in [1.165, 1.54) is 6.26 Å². The highest BCUT2D eigenvalue weighted by Crippen LogP contribution is 2.14. The van der Waals surface area contributed by atoms with E-state index in [4.69, 9.17) is 5.73 Å². The van der Waals surface area contributed by atoms with Gasteiger partial charge in [-0.2, -0.15) is 5.10 Å². The molecule has 2 N–H and O–H groups in total. The standard InChI is InChI=1S/C9H17N3O2S/c1-7(10)9-6-11-12(8(9)2)4-5-15(3,13)14/h6-7H,4-5,10H2,1-3H3. The van der Waals surface area contributed by atoms with Crippen LogP contribution in [0.15, 0.2) is 6.20 Å². The van der Waals surface area contributed by atoms with Crippen molar-refractivity contribution in [3.63, 3.8) is 0 Å². The molecular formula is C9H17N3O2S. The van der Waals surface area contributed by atoms with Gasteiger partial charge in [0.2, 0.25) is 0 Å². The number of nitrogens with two attached hydrogens (primary N) is 1. The molecule has 0 saturated heterocycles. The van der Waals surface area contributed by atoms with Crippen molar-refractivity contribution < 1.29 is 8.42 Å². The fourth-order valence-corrected chi connectivity index (χ4v) is 1.89. The Morgan fingerprint density at radius 1 is 1.60 bits per heavy atom. The first kappa shape index (κ1) is 12.2. The van der Waals surface area contributed by atoms with Crippen LogP contribution in [0.2, 0.25) is 0 Å². The molecule has 0 aliphatic heterocycles. The first-order valence-corrected chi connectivity index (χ1v) is 6.83. The first-order valence-electron chi connectivity index (χ1n) is 4.77. The van der Waals surface area contributed by atoms with Gasteiger partial charge in [0.15, 0.2) is 0 Å². The maximum absolute atomic E-state index is 11.0. The zero-order valence-electron chi connectivity index (χ0n) is 9.27. The molecule has 0 bridgehead atoms. The lowest BCUT2D eigenvalue weighted by molar-refractivity contribution is 0.581. The van der Waals surface area contributed by atoms with Crippen molar-refractivity contribution in [2.24, 2.45) is 5.73 Å². The fourth-order valence-electron chi connectivity index (χ4n) is 1.39. The van der Waals surface area contributed by atoms with Crippen LogP contribution in [0.1, 0.15) is 24.2 Å². The third kappa shape index (κ3) is 3.32. The van der Waals surface area contributed by atoms with Crippen molar-refractivity contribution in [1.82, 2.24) is 9.78 Å². The first-order chi connectivity index (χ1) is 6.81. The van der Waals surface area contributed by atoms with E-state index in [2.05, 4.69) is 5.10 Å². The van der Waals surface area contributed by atoms with E-state index in [9.17, 15) is 8.42 Å². The number of sulfone groups is 1. The van der Waals surface area contributed by atoms with Crippen molar-refractivity contribution in [1.29, 1.82) is 0 Å². The monoisotopic (exact) mass is 231 g/mol. The lowest BCUT2D eigenvalue weighted by Gasteiger charge is -2.06.